The summed E-state index contributed by atoms with van der Waals surface area (Å²) in [4.78, 5) is 11.4. The molecular formula is C15H22O2. The van der Waals surface area contributed by atoms with Gasteiger partial charge in [-0.25, -0.2) is 0 Å². The van der Waals surface area contributed by atoms with Gasteiger partial charge in [-0.15, -0.1) is 0 Å². The minimum Gasteiger partial charge on any atom is -0.393 e. The zero-order valence-corrected chi connectivity index (χ0v) is 10.5. The normalized spacial score (nSPS) is 38.4. The Morgan fingerprint density at radius 1 is 0.941 bits per heavy atom. The molecule has 1 saturated carbocycles. The van der Waals surface area contributed by atoms with Crippen LogP contribution >= 0.6 is 0 Å². The molecule has 0 spiro atoms. The van der Waals surface area contributed by atoms with Crippen molar-refractivity contribution in [1.29, 1.82) is 0 Å². The molecule has 17 heavy (non-hydrogen) atoms. The fourth-order valence-corrected chi connectivity index (χ4v) is 4.03. The molecule has 0 amide bonds. The van der Waals surface area contributed by atoms with Crippen LogP contribution in [-0.4, -0.2) is 17.0 Å². The lowest BCUT2D eigenvalue weighted by molar-refractivity contribution is -0.118. The number of allylic oxidation sites excluding steroid dienone is 2. The van der Waals surface area contributed by atoms with Crippen molar-refractivity contribution < 1.29 is 9.90 Å². The fourth-order valence-electron chi connectivity index (χ4n) is 4.03. The first-order valence-corrected chi connectivity index (χ1v) is 7.12. The van der Waals surface area contributed by atoms with Gasteiger partial charge in [0.1, 0.15) is 5.78 Å². The second-order valence-corrected chi connectivity index (χ2v) is 6.15. The molecule has 0 saturated heterocycles. The molecule has 0 aromatic heterocycles. The summed E-state index contributed by atoms with van der Waals surface area (Å²) in [5.41, 5.74) is 3.07. The van der Waals surface area contributed by atoms with E-state index < -0.39 is 0 Å². The molecule has 0 aromatic rings. The Hall–Kier alpha value is -0.630. The lowest BCUT2D eigenvalue weighted by Gasteiger charge is -2.33. The van der Waals surface area contributed by atoms with Crippen LogP contribution in [0.3, 0.4) is 0 Å². The summed E-state index contributed by atoms with van der Waals surface area (Å²) in [5, 5.41) is 9.64. The molecule has 0 aromatic carbocycles. The molecule has 94 valence electrons. The van der Waals surface area contributed by atoms with E-state index in [-0.39, 0.29) is 6.10 Å². The molecule has 3 rings (SSSR count). The summed E-state index contributed by atoms with van der Waals surface area (Å²) < 4.78 is 0. The molecule has 3 aliphatic rings. The minimum absolute atomic E-state index is 0.0386. The van der Waals surface area contributed by atoms with Crippen LogP contribution in [0.4, 0.5) is 0 Å². The smallest absolute Gasteiger partial charge is 0.137 e. The van der Waals surface area contributed by atoms with Gasteiger partial charge in [0.15, 0.2) is 0 Å². The van der Waals surface area contributed by atoms with E-state index >= 15 is 0 Å². The largest absolute Gasteiger partial charge is 0.393 e. The van der Waals surface area contributed by atoms with Gasteiger partial charge in [0.2, 0.25) is 0 Å². The van der Waals surface area contributed by atoms with Crippen molar-refractivity contribution in [3.05, 3.63) is 11.1 Å². The van der Waals surface area contributed by atoms with Crippen molar-refractivity contribution in [3.8, 4) is 0 Å². The summed E-state index contributed by atoms with van der Waals surface area (Å²) >= 11 is 0. The SMILES string of the molecule is O=C1CCC2=C(CC[C@H]([C@H]3CC[C@H](O)C3)C2)C1. The lowest BCUT2D eigenvalue weighted by atomic mass is 9.72. The van der Waals surface area contributed by atoms with E-state index in [1.54, 1.807) is 5.57 Å². The Morgan fingerprint density at radius 2 is 1.82 bits per heavy atom. The number of rotatable bonds is 1. The number of aliphatic hydroxyl groups is 1. The number of carbonyl (C=O) groups excluding carboxylic acids is 1. The van der Waals surface area contributed by atoms with Crippen molar-refractivity contribution in [3.63, 3.8) is 0 Å². The Balaban J connectivity index is 1.67. The van der Waals surface area contributed by atoms with Gasteiger partial charge in [-0.05, 0) is 56.8 Å². The maximum Gasteiger partial charge on any atom is 0.137 e. The molecule has 3 aliphatic carbocycles. The molecular weight excluding hydrogens is 212 g/mol. The quantitative estimate of drug-likeness (QED) is 0.708. The molecule has 0 bridgehead atoms. The number of aliphatic hydroxyl groups excluding tert-OH is 1. The van der Waals surface area contributed by atoms with Crippen molar-refractivity contribution in [1.82, 2.24) is 0 Å². The number of ketones is 1. The average Bonchev–Trinajstić information content (AvgIpc) is 2.75. The van der Waals surface area contributed by atoms with Gasteiger partial charge in [0.05, 0.1) is 6.10 Å². The van der Waals surface area contributed by atoms with Crippen LogP contribution in [0.2, 0.25) is 0 Å². The second kappa shape index (κ2) is 4.56. The zero-order valence-electron chi connectivity index (χ0n) is 10.5. The molecule has 0 heterocycles. The monoisotopic (exact) mass is 234 g/mol. The number of carbonyl (C=O) groups is 1. The zero-order chi connectivity index (χ0) is 11.8. The van der Waals surface area contributed by atoms with Gasteiger partial charge in [-0.2, -0.15) is 0 Å². The number of hydrogen-bond donors (Lipinski definition) is 1. The van der Waals surface area contributed by atoms with E-state index in [1.807, 2.05) is 0 Å². The summed E-state index contributed by atoms with van der Waals surface area (Å²) in [5.74, 6) is 1.98. The summed E-state index contributed by atoms with van der Waals surface area (Å²) in [6.45, 7) is 0. The highest BCUT2D eigenvalue weighted by molar-refractivity contribution is 5.82. The van der Waals surface area contributed by atoms with E-state index in [2.05, 4.69) is 0 Å². The molecule has 3 atom stereocenters. The van der Waals surface area contributed by atoms with Crippen LogP contribution in [0.1, 0.15) is 57.8 Å². The standard InChI is InChI=1S/C15H22O2/c16-14-5-3-11-7-10(1-2-12(11)8-14)13-4-6-15(17)9-13/h10,13,15,17H,1-9H2/t10-,13-,15-/m0/s1. The van der Waals surface area contributed by atoms with E-state index in [4.69, 9.17) is 0 Å². The van der Waals surface area contributed by atoms with Gasteiger partial charge in [-0.1, -0.05) is 11.1 Å². The number of hydrogen-bond acceptors (Lipinski definition) is 2. The lowest BCUT2D eigenvalue weighted by Crippen LogP contribution is -2.22. The van der Waals surface area contributed by atoms with Crippen LogP contribution in [-0.2, 0) is 4.79 Å². The highest BCUT2D eigenvalue weighted by Gasteiger charge is 2.33. The van der Waals surface area contributed by atoms with E-state index in [0.29, 0.717) is 5.78 Å². The molecule has 2 nitrogen and oxygen atoms in total. The summed E-state index contributed by atoms with van der Waals surface area (Å²) in [6, 6.07) is 0. The Labute approximate surface area is 103 Å². The molecule has 1 N–H and O–H groups in total. The van der Waals surface area contributed by atoms with E-state index in [0.717, 1.165) is 50.4 Å². The van der Waals surface area contributed by atoms with Gasteiger partial charge in [-0.3, -0.25) is 4.79 Å². The van der Waals surface area contributed by atoms with Crippen LogP contribution < -0.4 is 0 Å². The van der Waals surface area contributed by atoms with Crippen LogP contribution in [0.25, 0.3) is 0 Å². The van der Waals surface area contributed by atoms with Crippen LogP contribution in [0.5, 0.6) is 0 Å². The highest BCUT2D eigenvalue weighted by atomic mass is 16.3. The molecule has 2 heteroatoms. The maximum atomic E-state index is 11.4. The van der Waals surface area contributed by atoms with Gasteiger partial charge >= 0.3 is 0 Å². The second-order valence-electron chi connectivity index (χ2n) is 6.15. The van der Waals surface area contributed by atoms with Crippen LogP contribution in [0.15, 0.2) is 11.1 Å². The first-order chi connectivity index (χ1) is 8.22. The van der Waals surface area contributed by atoms with Gasteiger partial charge in [0, 0.05) is 12.8 Å². The highest BCUT2D eigenvalue weighted by Crippen LogP contribution is 2.44. The third-order valence-corrected chi connectivity index (χ3v) is 5.05. The van der Waals surface area contributed by atoms with Crippen molar-refractivity contribution in [2.24, 2.45) is 11.8 Å². The predicted octanol–water partition coefficient (Wildman–Crippen LogP) is 3.00. The Kier molecular flexibility index (Phi) is 3.08. The fraction of sp³-hybridized carbons (Fsp3) is 0.800. The number of Topliss-reactive ketones (excluding diaryl/α,β-unsaturated/α-hetero) is 1. The molecule has 0 aliphatic heterocycles. The summed E-state index contributed by atoms with van der Waals surface area (Å²) in [7, 11) is 0. The average molecular weight is 234 g/mol. The first kappa shape index (κ1) is 11.5. The van der Waals surface area contributed by atoms with Crippen molar-refractivity contribution in [2.45, 2.75) is 63.9 Å². The van der Waals surface area contributed by atoms with Crippen LogP contribution in [0, 0.1) is 11.8 Å². The minimum atomic E-state index is -0.0386. The van der Waals surface area contributed by atoms with Gasteiger partial charge in [0.25, 0.3) is 0 Å². The first-order valence-electron chi connectivity index (χ1n) is 7.12. The topological polar surface area (TPSA) is 37.3 Å². The van der Waals surface area contributed by atoms with E-state index in [1.165, 1.54) is 24.8 Å². The summed E-state index contributed by atoms with van der Waals surface area (Å²) in [6.07, 6.45) is 9.38. The van der Waals surface area contributed by atoms with Crippen molar-refractivity contribution >= 4 is 5.78 Å². The Morgan fingerprint density at radius 3 is 2.59 bits per heavy atom. The van der Waals surface area contributed by atoms with E-state index in [9.17, 15) is 9.90 Å². The maximum absolute atomic E-state index is 11.4. The van der Waals surface area contributed by atoms with Gasteiger partial charge < -0.3 is 5.11 Å². The predicted molar refractivity (Wildman–Crippen MR) is 66.6 cm³/mol. The molecule has 1 fully saturated rings. The molecule has 0 unspecified atom stereocenters. The third-order valence-electron chi connectivity index (χ3n) is 5.05. The Bertz CT molecular complexity index is 356. The van der Waals surface area contributed by atoms with Crippen molar-refractivity contribution in [2.75, 3.05) is 0 Å². The third kappa shape index (κ3) is 2.33. The molecule has 0 radical (unpaired) electrons.